The van der Waals surface area contributed by atoms with E-state index in [4.69, 9.17) is 16.3 Å². The second-order valence-corrected chi connectivity index (χ2v) is 6.71. The predicted octanol–water partition coefficient (Wildman–Crippen LogP) is 4.19. The first-order valence-corrected chi connectivity index (χ1v) is 8.18. The summed E-state index contributed by atoms with van der Waals surface area (Å²) in [5.41, 5.74) is 1.52. The van der Waals surface area contributed by atoms with Crippen LogP contribution in [0.15, 0.2) is 24.4 Å². The van der Waals surface area contributed by atoms with Crippen LogP contribution in [0.4, 0.5) is 5.69 Å². The zero-order valence-corrected chi connectivity index (χ0v) is 14.4. The van der Waals surface area contributed by atoms with Crippen LogP contribution >= 0.6 is 45.5 Å². The highest BCUT2D eigenvalue weighted by molar-refractivity contribution is 14.1. The molecule has 0 unspecified atom stereocenters. The van der Waals surface area contributed by atoms with Crippen molar-refractivity contribution in [1.82, 2.24) is 4.98 Å². The summed E-state index contributed by atoms with van der Waals surface area (Å²) in [6, 6.07) is 5.43. The average molecular weight is 423 g/mol. The molecule has 0 saturated heterocycles. The smallest absolute Gasteiger partial charge is 0.338 e. The highest BCUT2D eigenvalue weighted by Crippen LogP contribution is 2.23. The average Bonchev–Trinajstić information content (AvgIpc) is 2.83. The molecule has 0 aliphatic carbocycles. The standard InChI is InChI=1S/C13H12ClIN2O2S/c1-2-19-12(18)8-3-4-11(10(15)5-8)16-6-9-7-17-13(14)20-9/h3-5,7,16H,2,6H2,1H3. The van der Waals surface area contributed by atoms with Gasteiger partial charge >= 0.3 is 5.97 Å². The van der Waals surface area contributed by atoms with Crippen LogP contribution in [0.1, 0.15) is 22.2 Å². The van der Waals surface area contributed by atoms with Gasteiger partial charge in [0.15, 0.2) is 4.47 Å². The summed E-state index contributed by atoms with van der Waals surface area (Å²) in [6.45, 7) is 2.82. The van der Waals surface area contributed by atoms with Crippen molar-refractivity contribution in [3.8, 4) is 0 Å². The number of esters is 1. The Morgan fingerprint density at radius 3 is 2.95 bits per heavy atom. The number of nitrogens with zero attached hydrogens (tertiary/aromatic N) is 1. The fraction of sp³-hybridized carbons (Fsp3) is 0.231. The van der Waals surface area contributed by atoms with Gasteiger partial charge in [-0.2, -0.15) is 0 Å². The lowest BCUT2D eigenvalue weighted by Crippen LogP contribution is -2.06. The fourth-order valence-corrected chi connectivity index (χ4v) is 3.17. The van der Waals surface area contributed by atoms with E-state index in [9.17, 15) is 4.79 Å². The Morgan fingerprint density at radius 2 is 2.35 bits per heavy atom. The van der Waals surface area contributed by atoms with Crippen molar-refractivity contribution in [2.45, 2.75) is 13.5 Å². The number of rotatable bonds is 5. The molecule has 20 heavy (non-hydrogen) atoms. The van der Waals surface area contributed by atoms with Crippen LogP contribution in [-0.2, 0) is 11.3 Å². The van der Waals surface area contributed by atoms with Gasteiger partial charge in [0.2, 0.25) is 0 Å². The van der Waals surface area contributed by atoms with Crippen molar-refractivity contribution < 1.29 is 9.53 Å². The van der Waals surface area contributed by atoms with Gasteiger partial charge in [-0.05, 0) is 47.7 Å². The van der Waals surface area contributed by atoms with Crippen molar-refractivity contribution >= 4 is 57.2 Å². The quantitative estimate of drug-likeness (QED) is 0.580. The number of carbonyl (C=O) groups excluding carboxylic acids is 1. The van der Waals surface area contributed by atoms with Crippen LogP contribution in [0.5, 0.6) is 0 Å². The van der Waals surface area contributed by atoms with Crippen LogP contribution in [0.3, 0.4) is 0 Å². The van der Waals surface area contributed by atoms with Gasteiger partial charge in [0.1, 0.15) is 0 Å². The molecule has 0 saturated carbocycles. The Kier molecular flexibility index (Phi) is 5.62. The highest BCUT2D eigenvalue weighted by atomic mass is 127. The van der Waals surface area contributed by atoms with Crippen molar-refractivity contribution in [2.75, 3.05) is 11.9 Å². The third-order valence-electron chi connectivity index (χ3n) is 2.46. The molecular formula is C13H12ClIN2O2S. The molecule has 1 heterocycles. The summed E-state index contributed by atoms with van der Waals surface area (Å²) in [5, 5.41) is 3.29. The number of carbonyl (C=O) groups is 1. The summed E-state index contributed by atoms with van der Waals surface area (Å²) in [6.07, 6.45) is 1.75. The number of aromatic nitrogens is 1. The molecule has 2 aromatic rings. The van der Waals surface area contributed by atoms with E-state index < -0.39 is 0 Å². The number of ether oxygens (including phenoxy) is 1. The van der Waals surface area contributed by atoms with E-state index in [1.807, 2.05) is 6.07 Å². The molecule has 4 nitrogen and oxygen atoms in total. The van der Waals surface area contributed by atoms with E-state index in [0.717, 1.165) is 14.1 Å². The van der Waals surface area contributed by atoms with Gasteiger partial charge in [-0.1, -0.05) is 11.6 Å². The van der Waals surface area contributed by atoms with Crippen LogP contribution in [0, 0.1) is 3.57 Å². The second kappa shape index (κ2) is 7.24. The van der Waals surface area contributed by atoms with Crippen LogP contribution in [-0.4, -0.2) is 17.6 Å². The number of hydrogen-bond donors (Lipinski definition) is 1. The number of nitrogens with one attached hydrogen (secondary N) is 1. The van der Waals surface area contributed by atoms with E-state index in [1.165, 1.54) is 11.3 Å². The van der Waals surface area contributed by atoms with Crippen molar-refractivity contribution in [3.63, 3.8) is 0 Å². The zero-order chi connectivity index (χ0) is 14.5. The number of benzene rings is 1. The molecule has 1 aromatic carbocycles. The number of thiazole rings is 1. The molecule has 106 valence electrons. The SMILES string of the molecule is CCOC(=O)c1ccc(NCc2cnc(Cl)s2)c(I)c1. The van der Waals surface area contributed by atoms with Gasteiger partial charge < -0.3 is 10.1 Å². The van der Waals surface area contributed by atoms with Crippen LogP contribution in [0.25, 0.3) is 0 Å². The third kappa shape index (κ3) is 4.07. The van der Waals surface area contributed by atoms with E-state index >= 15 is 0 Å². The Bertz CT molecular complexity index is 618. The molecule has 0 radical (unpaired) electrons. The van der Waals surface area contributed by atoms with Gasteiger partial charge in [-0.3, -0.25) is 0 Å². The maximum absolute atomic E-state index is 11.6. The van der Waals surface area contributed by atoms with Gasteiger partial charge in [0.05, 0.1) is 18.7 Å². The minimum Gasteiger partial charge on any atom is -0.462 e. The lowest BCUT2D eigenvalue weighted by Gasteiger charge is -2.09. The van der Waals surface area contributed by atoms with Crippen LogP contribution < -0.4 is 5.32 Å². The van der Waals surface area contributed by atoms with Crippen molar-refractivity contribution in [1.29, 1.82) is 0 Å². The molecule has 1 N–H and O–H groups in total. The second-order valence-electron chi connectivity index (χ2n) is 3.85. The molecule has 0 atom stereocenters. The minimum absolute atomic E-state index is 0.300. The third-order valence-corrected chi connectivity index (χ3v) is 4.47. The predicted molar refractivity (Wildman–Crippen MR) is 89.6 cm³/mol. The maximum Gasteiger partial charge on any atom is 0.338 e. The lowest BCUT2D eigenvalue weighted by atomic mass is 10.2. The molecule has 0 bridgehead atoms. The van der Waals surface area contributed by atoms with Gasteiger partial charge in [0, 0.05) is 20.3 Å². The van der Waals surface area contributed by atoms with Crippen molar-refractivity contribution in [3.05, 3.63) is 42.9 Å². The number of anilines is 1. The monoisotopic (exact) mass is 422 g/mol. The first-order chi connectivity index (χ1) is 9.60. The summed E-state index contributed by atoms with van der Waals surface area (Å²) in [4.78, 5) is 16.7. The van der Waals surface area contributed by atoms with E-state index in [0.29, 0.717) is 23.2 Å². The van der Waals surface area contributed by atoms with E-state index in [-0.39, 0.29) is 5.97 Å². The topological polar surface area (TPSA) is 51.2 Å². The lowest BCUT2D eigenvalue weighted by molar-refractivity contribution is 0.0526. The van der Waals surface area contributed by atoms with Crippen LogP contribution in [0.2, 0.25) is 4.47 Å². The molecule has 0 fully saturated rings. The highest BCUT2D eigenvalue weighted by Gasteiger charge is 2.09. The summed E-state index contributed by atoms with van der Waals surface area (Å²) >= 11 is 9.42. The molecular weight excluding hydrogens is 411 g/mol. The fourth-order valence-electron chi connectivity index (χ4n) is 1.55. The summed E-state index contributed by atoms with van der Waals surface area (Å²) in [7, 11) is 0. The Hall–Kier alpha value is -0.860. The zero-order valence-electron chi connectivity index (χ0n) is 10.7. The molecule has 0 aliphatic heterocycles. The summed E-state index contributed by atoms with van der Waals surface area (Å²) < 4.78 is 6.47. The number of halogens is 2. The Balaban J connectivity index is 2.04. The molecule has 7 heteroatoms. The van der Waals surface area contributed by atoms with Gasteiger partial charge in [-0.15, -0.1) is 11.3 Å². The van der Waals surface area contributed by atoms with E-state index in [2.05, 4.69) is 32.9 Å². The van der Waals surface area contributed by atoms with Crippen molar-refractivity contribution in [2.24, 2.45) is 0 Å². The summed E-state index contributed by atoms with van der Waals surface area (Å²) in [5.74, 6) is -0.300. The number of hydrogen-bond acceptors (Lipinski definition) is 5. The molecule has 0 amide bonds. The molecule has 0 aliphatic rings. The maximum atomic E-state index is 11.6. The first kappa shape index (κ1) is 15.5. The first-order valence-electron chi connectivity index (χ1n) is 5.91. The normalized spacial score (nSPS) is 10.3. The molecule has 1 aromatic heterocycles. The largest absolute Gasteiger partial charge is 0.462 e. The van der Waals surface area contributed by atoms with Gasteiger partial charge in [-0.25, -0.2) is 9.78 Å². The van der Waals surface area contributed by atoms with E-state index in [1.54, 1.807) is 25.3 Å². The molecule has 0 spiro atoms. The Labute approximate surface area is 139 Å². The Morgan fingerprint density at radius 1 is 1.55 bits per heavy atom. The van der Waals surface area contributed by atoms with Gasteiger partial charge in [0.25, 0.3) is 0 Å². The minimum atomic E-state index is -0.300. The molecule has 2 rings (SSSR count).